The first kappa shape index (κ1) is 25.9. The molecule has 0 unspecified atom stereocenters. The molecule has 0 amide bonds. The molecule has 0 aliphatic heterocycles. The molecule has 0 spiro atoms. The smallest absolute Gasteiger partial charge is 0.326 e. The van der Waals surface area contributed by atoms with Crippen LogP contribution in [0.2, 0.25) is 0 Å². The van der Waals surface area contributed by atoms with E-state index in [0.717, 1.165) is 22.6 Å². The largest absolute Gasteiger partial charge is 0.493 e. The van der Waals surface area contributed by atoms with Crippen LogP contribution < -0.4 is 10.1 Å². The number of aryl methyl sites for hydroxylation is 1. The quantitative estimate of drug-likeness (QED) is 0.184. The Bertz CT molecular complexity index is 1360. The van der Waals surface area contributed by atoms with Gasteiger partial charge in [-0.15, -0.1) is 0 Å². The Morgan fingerprint density at radius 2 is 1.89 bits per heavy atom. The second kappa shape index (κ2) is 12.2. The number of oxazole rings is 1. The van der Waals surface area contributed by atoms with Crippen LogP contribution >= 0.6 is 11.3 Å². The highest BCUT2D eigenvalue weighted by Crippen LogP contribution is 2.22. The summed E-state index contributed by atoms with van der Waals surface area (Å²) in [6.45, 7) is 4.02. The molecule has 0 aliphatic carbocycles. The van der Waals surface area contributed by atoms with Gasteiger partial charge >= 0.3 is 5.97 Å². The zero-order valence-electron chi connectivity index (χ0n) is 20.6. The van der Waals surface area contributed by atoms with E-state index in [1.165, 1.54) is 17.4 Å². The van der Waals surface area contributed by atoms with Gasteiger partial charge in [-0.3, -0.25) is 4.79 Å². The molecule has 1 atom stereocenters. The maximum atomic E-state index is 12.2. The van der Waals surface area contributed by atoms with Crippen molar-refractivity contribution in [3.63, 3.8) is 0 Å². The second-order valence-electron chi connectivity index (χ2n) is 8.57. The lowest BCUT2D eigenvalue weighted by molar-refractivity contribution is -0.139. The molecule has 0 fully saturated rings. The monoisotopic (exact) mass is 516 g/mol. The third-order valence-electron chi connectivity index (χ3n) is 5.74. The summed E-state index contributed by atoms with van der Waals surface area (Å²) < 4.78 is 11.7. The highest BCUT2D eigenvalue weighted by molar-refractivity contribution is 7.08. The van der Waals surface area contributed by atoms with Gasteiger partial charge in [-0.2, -0.15) is 11.3 Å². The van der Waals surface area contributed by atoms with E-state index >= 15 is 0 Å². The Balaban J connectivity index is 1.30. The fourth-order valence-corrected chi connectivity index (χ4v) is 4.43. The van der Waals surface area contributed by atoms with E-state index in [0.29, 0.717) is 35.9 Å². The van der Waals surface area contributed by atoms with E-state index in [-0.39, 0.29) is 12.2 Å². The molecule has 4 aromatic rings. The maximum Gasteiger partial charge on any atom is 0.326 e. The van der Waals surface area contributed by atoms with Gasteiger partial charge in [0.15, 0.2) is 5.78 Å². The number of carbonyl (C=O) groups is 2. The number of nitrogens with one attached hydrogen (secondary N) is 1. The lowest BCUT2D eigenvalue weighted by Crippen LogP contribution is -2.37. The summed E-state index contributed by atoms with van der Waals surface area (Å²) in [6, 6.07) is 18.0. The number of ether oxygens (including phenoxy) is 1. The summed E-state index contributed by atoms with van der Waals surface area (Å²) in [5, 5.41) is 16.2. The van der Waals surface area contributed by atoms with Crippen LogP contribution in [0.3, 0.4) is 0 Å². The van der Waals surface area contributed by atoms with E-state index in [4.69, 9.17) is 9.15 Å². The highest BCUT2D eigenvalue weighted by Gasteiger charge is 2.18. The van der Waals surface area contributed by atoms with Gasteiger partial charge in [0.25, 0.3) is 0 Å². The van der Waals surface area contributed by atoms with E-state index < -0.39 is 12.0 Å². The highest BCUT2D eigenvalue weighted by atomic mass is 32.1. The molecule has 2 aromatic heterocycles. The van der Waals surface area contributed by atoms with E-state index in [1.807, 2.05) is 66.9 Å². The summed E-state index contributed by atoms with van der Waals surface area (Å²) >= 11 is 1.44. The van der Waals surface area contributed by atoms with Crippen molar-refractivity contribution in [2.75, 3.05) is 6.61 Å². The predicted molar refractivity (Wildman–Crippen MR) is 143 cm³/mol. The summed E-state index contributed by atoms with van der Waals surface area (Å²) in [5.41, 5.74) is 3.71. The van der Waals surface area contributed by atoms with Crippen molar-refractivity contribution in [1.82, 2.24) is 10.3 Å². The van der Waals surface area contributed by atoms with E-state index in [9.17, 15) is 14.7 Å². The first-order chi connectivity index (χ1) is 17.9. The van der Waals surface area contributed by atoms with Gasteiger partial charge in [0.05, 0.1) is 12.3 Å². The number of aliphatic carboxylic acids is 1. The molecule has 2 N–H and O–H groups in total. The number of carboxylic acids is 1. The molecule has 2 heterocycles. The van der Waals surface area contributed by atoms with Crippen LogP contribution in [0.5, 0.6) is 5.75 Å². The van der Waals surface area contributed by atoms with Crippen LogP contribution in [0, 0.1) is 6.92 Å². The number of hydrogen-bond donors (Lipinski definition) is 2. The lowest BCUT2D eigenvalue weighted by atomic mass is 10.1. The first-order valence-electron chi connectivity index (χ1n) is 11.9. The van der Waals surface area contributed by atoms with Crippen molar-refractivity contribution < 1.29 is 23.8 Å². The number of ketones is 1. The lowest BCUT2D eigenvalue weighted by Gasteiger charge is -2.16. The van der Waals surface area contributed by atoms with Crippen LogP contribution in [0.15, 0.2) is 87.6 Å². The Morgan fingerprint density at radius 1 is 1.14 bits per heavy atom. The molecule has 4 rings (SSSR count). The summed E-state index contributed by atoms with van der Waals surface area (Å²) in [6.07, 6.45) is 2.28. The Labute approximate surface area is 219 Å². The number of thiophene rings is 1. The molecule has 7 nitrogen and oxygen atoms in total. The third-order valence-corrected chi connectivity index (χ3v) is 6.42. The van der Waals surface area contributed by atoms with E-state index in [2.05, 4.69) is 10.3 Å². The fourth-order valence-electron chi connectivity index (χ4n) is 3.79. The van der Waals surface area contributed by atoms with Crippen molar-refractivity contribution in [3.05, 3.63) is 106 Å². The van der Waals surface area contributed by atoms with Crippen molar-refractivity contribution in [3.8, 4) is 17.2 Å². The van der Waals surface area contributed by atoms with Gasteiger partial charge < -0.3 is 19.6 Å². The zero-order valence-corrected chi connectivity index (χ0v) is 21.5. The first-order valence-corrected chi connectivity index (χ1v) is 12.8. The molecule has 0 radical (unpaired) electrons. The molecule has 0 saturated carbocycles. The van der Waals surface area contributed by atoms with Crippen LogP contribution in [0.4, 0.5) is 0 Å². The Morgan fingerprint density at radius 3 is 2.57 bits per heavy atom. The summed E-state index contributed by atoms with van der Waals surface area (Å²) in [5.74, 6) is 0.902. The normalized spacial score (nSPS) is 12.2. The van der Waals surface area contributed by atoms with Crippen LogP contribution in [0.25, 0.3) is 11.5 Å². The van der Waals surface area contributed by atoms with Gasteiger partial charge in [-0.1, -0.05) is 30.3 Å². The van der Waals surface area contributed by atoms with Crippen molar-refractivity contribution in [2.45, 2.75) is 32.7 Å². The van der Waals surface area contributed by atoms with Gasteiger partial charge in [-0.05, 0) is 55.1 Å². The summed E-state index contributed by atoms with van der Waals surface area (Å²) in [4.78, 5) is 28.6. The molecule has 37 heavy (non-hydrogen) atoms. The van der Waals surface area contributed by atoms with Crippen molar-refractivity contribution >= 4 is 23.1 Å². The molecule has 0 aliphatic rings. The molecule has 0 saturated heterocycles. The van der Waals surface area contributed by atoms with Crippen LogP contribution in [0.1, 0.15) is 34.3 Å². The molecular formula is C29H28N2O5S. The number of benzene rings is 2. The number of carbonyl (C=O) groups excluding carboxylic acids is 1. The number of hydrogen-bond acceptors (Lipinski definition) is 7. The average molecular weight is 517 g/mol. The molecule has 190 valence electrons. The molecule has 2 aromatic carbocycles. The minimum Gasteiger partial charge on any atom is -0.493 e. The number of allylic oxidation sites excluding steroid dienone is 2. The molecule has 8 heteroatoms. The van der Waals surface area contributed by atoms with Crippen LogP contribution in [-0.4, -0.2) is 34.5 Å². The van der Waals surface area contributed by atoms with Gasteiger partial charge in [-0.25, -0.2) is 9.78 Å². The number of rotatable bonds is 12. The zero-order chi connectivity index (χ0) is 26.2. The standard InChI is InChI=1S/C29H28N2O5S/c1-19(16-27(32)23-13-15-37-18-23)30-26(29(33)34)17-21-8-10-24(11-9-21)35-14-12-25-20(2)36-28(31-25)22-6-4-3-5-7-22/h3-11,13,15-16,18,26,30H,12,14,17H2,1-2H3,(H,33,34)/b19-16-/t26-/m0/s1. The minimum absolute atomic E-state index is 0.158. The number of carboxylic acid groups (broad SMARTS) is 1. The molecule has 0 bridgehead atoms. The van der Waals surface area contributed by atoms with Crippen molar-refractivity contribution in [1.29, 1.82) is 0 Å². The van der Waals surface area contributed by atoms with Gasteiger partial charge in [0, 0.05) is 41.1 Å². The molecular weight excluding hydrogens is 488 g/mol. The van der Waals surface area contributed by atoms with E-state index in [1.54, 1.807) is 18.4 Å². The minimum atomic E-state index is -0.992. The summed E-state index contributed by atoms with van der Waals surface area (Å²) in [7, 11) is 0. The van der Waals surface area contributed by atoms with Gasteiger partial charge in [0.1, 0.15) is 17.6 Å². The second-order valence-corrected chi connectivity index (χ2v) is 9.35. The Kier molecular flexibility index (Phi) is 8.53. The number of aromatic nitrogens is 1. The average Bonchev–Trinajstić information content (AvgIpc) is 3.56. The predicted octanol–water partition coefficient (Wildman–Crippen LogP) is 5.71. The van der Waals surface area contributed by atoms with Crippen LogP contribution in [-0.2, 0) is 17.6 Å². The Hall–Kier alpha value is -4.17. The fraction of sp³-hybridized carbons (Fsp3) is 0.207. The number of nitrogens with zero attached hydrogens (tertiary/aromatic N) is 1. The topological polar surface area (TPSA) is 102 Å². The maximum absolute atomic E-state index is 12.2. The van der Waals surface area contributed by atoms with Gasteiger partial charge in [0.2, 0.25) is 5.89 Å². The third kappa shape index (κ3) is 7.17. The SMILES string of the molecule is C/C(=C/C(=O)c1ccsc1)N[C@@H](Cc1ccc(OCCc2nc(-c3ccccc3)oc2C)cc1)C(=O)O. The van der Waals surface area contributed by atoms with Crippen molar-refractivity contribution in [2.24, 2.45) is 0 Å².